The fourth-order valence-electron chi connectivity index (χ4n) is 1.28. The predicted molar refractivity (Wildman–Crippen MR) is 39.2 cm³/mol. The number of epoxide rings is 1. The number of hydrogen-bond donors (Lipinski definition) is 0. The van der Waals surface area contributed by atoms with Gasteiger partial charge in [-0.25, -0.2) is 0 Å². The van der Waals surface area contributed by atoms with Crippen molar-refractivity contribution in [3.8, 4) is 0 Å². The third-order valence-corrected chi connectivity index (χ3v) is 2.08. The molecule has 0 bridgehead atoms. The highest BCUT2D eigenvalue weighted by molar-refractivity contribution is 4.86. The van der Waals surface area contributed by atoms with Crippen LogP contribution in [0.2, 0.25) is 0 Å². The molecule has 0 aromatic carbocycles. The molecule has 11 heavy (non-hydrogen) atoms. The van der Waals surface area contributed by atoms with Crippen molar-refractivity contribution in [2.45, 2.75) is 32.3 Å². The van der Waals surface area contributed by atoms with Crippen LogP contribution in [0.5, 0.6) is 0 Å². The Kier molecular flexibility index (Phi) is 1.87. The van der Waals surface area contributed by atoms with Crippen molar-refractivity contribution in [2.75, 3.05) is 13.2 Å². The van der Waals surface area contributed by atoms with Gasteiger partial charge in [0.15, 0.2) is 6.29 Å². The highest BCUT2D eigenvalue weighted by atomic mass is 16.7. The van der Waals surface area contributed by atoms with E-state index in [-0.39, 0.29) is 6.29 Å². The minimum Gasteiger partial charge on any atom is -0.365 e. The third-order valence-electron chi connectivity index (χ3n) is 2.08. The standard InChI is InChI=1S/C8H14O3/c1-5(2)8-9-3-6-7(11-6)4-10-8/h5-8H,3-4H2,1-2H3/t6-,7+,8?. The van der Waals surface area contributed by atoms with Crippen molar-refractivity contribution in [2.24, 2.45) is 5.92 Å². The first-order valence-electron chi connectivity index (χ1n) is 4.16. The molecule has 2 fully saturated rings. The average Bonchev–Trinajstić information content (AvgIpc) is 2.60. The monoisotopic (exact) mass is 158 g/mol. The van der Waals surface area contributed by atoms with Crippen LogP contribution in [-0.2, 0) is 14.2 Å². The van der Waals surface area contributed by atoms with Gasteiger partial charge in [-0.1, -0.05) is 13.8 Å². The van der Waals surface area contributed by atoms with Crippen LogP contribution in [0.25, 0.3) is 0 Å². The Bertz CT molecular complexity index is 134. The lowest BCUT2D eigenvalue weighted by Gasteiger charge is -2.19. The van der Waals surface area contributed by atoms with Gasteiger partial charge in [-0.05, 0) is 0 Å². The quantitative estimate of drug-likeness (QED) is 0.528. The van der Waals surface area contributed by atoms with E-state index in [1.54, 1.807) is 0 Å². The van der Waals surface area contributed by atoms with Gasteiger partial charge in [0.05, 0.1) is 13.2 Å². The molecule has 0 amide bonds. The molecule has 0 aromatic heterocycles. The molecule has 3 nitrogen and oxygen atoms in total. The van der Waals surface area contributed by atoms with Gasteiger partial charge in [0.1, 0.15) is 12.2 Å². The van der Waals surface area contributed by atoms with Gasteiger partial charge >= 0.3 is 0 Å². The summed E-state index contributed by atoms with van der Waals surface area (Å²) in [6.45, 7) is 5.60. The first kappa shape index (κ1) is 7.53. The number of hydrogen-bond acceptors (Lipinski definition) is 3. The molecular formula is C8H14O3. The summed E-state index contributed by atoms with van der Waals surface area (Å²) in [4.78, 5) is 0. The lowest BCUT2D eigenvalue weighted by molar-refractivity contribution is -0.165. The highest BCUT2D eigenvalue weighted by Crippen LogP contribution is 2.27. The molecule has 2 aliphatic heterocycles. The molecule has 3 atom stereocenters. The Balaban J connectivity index is 1.86. The van der Waals surface area contributed by atoms with E-state index >= 15 is 0 Å². The van der Waals surface area contributed by atoms with Crippen LogP contribution >= 0.6 is 0 Å². The zero-order valence-electron chi connectivity index (χ0n) is 6.95. The van der Waals surface area contributed by atoms with Gasteiger partial charge in [-0.3, -0.25) is 0 Å². The van der Waals surface area contributed by atoms with E-state index in [1.807, 2.05) is 0 Å². The topological polar surface area (TPSA) is 31.0 Å². The average molecular weight is 158 g/mol. The van der Waals surface area contributed by atoms with Crippen molar-refractivity contribution >= 4 is 0 Å². The highest BCUT2D eigenvalue weighted by Gasteiger charge is 2.42. The first-order valence-corrected chi connectivity index (χ1v) is 4.16. The van der Waals surface area contributed by atoms with Crippen LogP contribution in [0.15, 0.2) is 0 Å². The van der Waals surface area contributed by atoms with E-state index in [1.165, 1.54) is 0 Å². The van der Waals surface area contributed by atoms with Gasteiger partial charge in [0.25, 0.3) is 0 Å². The fraction of sp³-hybridized carbons (Fsp3) is 1.00. The zero-order valence-corrected chi connectivity index (χ0v) is 6.95. The predicted octanol–water partition coefficient (Wildman–Crippen LogP) is 0.783. The van der Waals surface area contributed by atoms with Crippen LogP contribution in [0.3, 0.4) is 0 Å². The molecule has 2 rings (SSSR count). The Morgan fingerprint density at radius 3 is 2.09 bits per heavy atom. The van der Waals surface area contributed by atoms with Gasteiger partial charge in [-0.15, -0.1) is 0 Å². The van der Waals surface area contributed by atoms with E-state index in [0.717, 1.165) is 0 Å². The van der Waals surface area contributed by atoms with Crippen molar-refractivity contribution in [1.82, 2.24) is 0 Å². The van der Waals surface area contributed by atoms with Crippen LogP contribution in [0, 0.1) is 5.92 Å². The van der Waals surface area contributed by atoms with Crippen molar-refractivity contribution < 1.29 is 14.2 Å². The van der Waals surface area contributed by atoms with E-state index in [9.17, 15) is 0 Å². The minimum atomic E-state index is -0.0219. The fourth-order valence-corrected chi connectivity index (χ4v) is 1.28. The Morgan fingerprint density at radius 1 is 1.09 bits per heavy atom. The van der Waals surface area contributed by atoms with E-state index in [2.05, 4.69) is 13.8 Å². The molecule has 1 unspecified atom stereocenters. The van der Waals surface area contributed by atoms with Crippen LogP contribution < -0.4 is 0 Å². The van der Waals surface area contributed by atoms with Crippen molar-refractivity contribution in [3.05, 3.63) is 0 Å². The maximum Gasteiger partial charge on any atom is 0.160 e. The zero-order chi connectivity index (χ0) is 7.84. The smallest absolute Gasteiger partial charge is 0.160 e. The molecule has 64 valence electrons. The maximum atomic E-state index is 5.47. The molecule has 0 spiro atoms. The largest absolute Gasteiger partial charge is 0.365 e. The molecule has 2 heterocycles. The van der Waals surface area contributed by atoms with E-state index < -0.39 is 0 Å². The second-order valence-corrected chi connectivity index (χ2v) is 3.49. The molecule has 2 aliphatic rings. The lowest BCUT2D eigenvalue weighted by Crippen LogP contribution is -2.23. The Hall–Kier alpha value is -0.120. The number of rotatable bonds is 1. The molecule has 0 aliphatic carbocycles. The third kappa shape index (κ3) is 1.55. The SMILES string of the molecule is CC(C)C1OC[C@@H]2O[C@@H]2CO1. The molecule has 0 saturated carbocycles. The molecular weight excluding hydrogens is 144 g/mol. The van der Waals surface area contributed by atoms with Gasteiger partial charge in [0.2, 0.25) is 0 Å². The molecule has 3 heteroatoms. The Labute approximate surface area is 66.6 Å². The van der Waals surface area contributed by atoms with Crippen LogP contribution in [0.1, 0.15) is 13.8 Å². The van der Waals surface area contributed by atoms with E-state index in [4.69, 9.17) is 14.2 Å². The maximum absolute atomic E-state index is 5.47. The summed E-state index contributed by atoms with van der Waals surface area (Å²) in [7, 11) is 0. The summed E-state index contributed by atoms with van der Waals surface area (Å²) in [6.07, 6.45) is 0.615. The number of ether oxygens (including phenoxy) is 3. The minimum absolute atomic E-state index is 0.0219. The van der Waals surface area contributed by atoms with Crippen LogP contribution in [-0.4, -0.2) is 31.7 Å². The normalized spacial score (nSPS) is 43.4. The molecule has 0 aromatic rings. The first-order chi connectivity index (χ1) is 5.27. The van der Waals surface area contributed by atoms with Gasteiger partial charge in [-0.2, -0.15) is 0 Å². The summed E-state index contributed by atoms with van der Waals surface area (Å²) in [5.74, 6) is 0.437. The second-order valence-electron chi connectivity index (χ2n) is 3.49. The Morgan fingerprint density at radius 2 is 1.64 bits per heavy atom. The molecule has 0 N–H and O–H groups in total. The van der Waals surface area contributed by atoms with Gasteiger partial charge < -0.3 is 14.2 Å². The summed E-state index contributed by atoms with van der Waals surface area (Å²) in [5.41, 5.74) is 0. The lowest BCUT2D eigenvalue weighted by atomic mass is 10.2. The summed E-state index contributed by atoms with van der Waals surface area (Å²) < 4.78 is 16.2. The molecule has 0 radical (unpaired) electrons. The van der Waals surface area contributed by atoms with Crippen molar-refractivity contribution in [3.63, 3.8) is 0 Å². The van der Waals surface area contributed by atoms with Crippen molar-refractivity contribution in [1.29, 1.82) is 0 Å². The summed E-state index contributed by atoms with van der Waals surface area (Å²) >= 11 is 0. The van der Waals surface area contributed by atoms with E-state index in [0.29, 0.717) is 31.3 Å². The van der Waals surface area contributed by atoms with Crippen LogP contribution in [0.4, 0.5) is 0 Å². The summed E-state index contributed by atoms with van der Waals surface area (Å²) in [6, 6.07) is 0. The number of fused-ring (bicyclic) bond motifs is 1. The molecule has 2 saturated heterocycles. The summed E-state index contributed by atoms with van der Waals surface area (Å²) in [5, 5.41) is 0. The van der Waals surface area contributed by atoms with Gasteiger partial charge in [0, 0.05) is 5.92 Å². The second kappa shape index (κ2) is 2.73.